The predicted octanol–water partition coefficient (Wildman–Crippen LogP) is 4.17. The number of aromatic nitrogens is 2. The van der Waals surface area contributed by atoms with Gasteiger partial charge in [0.05, 0.1) is 5.75 Å². The van der Waals surface area contributed by atoms with E-state index in [4.69, 9.17) is 0 Å². The lowest BCUT2D eigenvalue weighted by Gasteiger charge is -2.01. The van der Waals surface area contributed by atoms with E-state index in [1.807, 2.05) is 12.1 Å². The number of halogens is 1. The number of rotatable bonds is 5. The van der Waals surface area contributed by atoms with Gasteiger partial charge >= 0.3 is 0 Å². The van der Waals surface area contributed by atoms with E-state index < -0.39 is 0 Å². The first-order valence-corrected chi connectivity index (χ1v) is 8.33. The Hall–Kier alpha value is -0.590. The molecule has 1 saturated carbocycles. The van der Waals surface area contributed by atoms with Gasteiger partial charge in [0.2, 0.25) is 5.13 Å². The van der Waals surface area contributed by atoms with Crippen LogP contribution < -0.4 is 5.32 Å². The lowest BCUT2D eigenvalue weighted by molar-refractivity contribution is 1.09. The highest BCUT2D eigenvalue weighted by atomic mass is 79.9. The van der Waals surface area contributed by atoms with Gasteiger partial charge in [0.1, 0.15) is 0 Å². The maximum Gasteiger partial charge on any atom is 0.202 e. The lowest BCUT2D eigenvalue weighted by Crippen LogP contribution is -1.99. The molecule has 0 saturated heterocycles. The van der Waals surface area contributed by atoms with Crippen LogP contribution in [0.15, 0.2) is 33.6 Å². The van der Waals surface area contributed by atoms with E-state index in [1.165, 1.54) is 29.3 Å². The Bertz CT molecular complexity index is 540. The van der Waals surface area contributed by atoms with Crippen LogP contribution in [0.4, 0.5) is 5.13 Å². The van der Waals surface area contributed by atoms with E-state index in [1.54, 1.807) is 11.8 Å². The van der Waals surface area contributed by atoms with Gasteiger partial charge in [-0.2, -0.15) is 4.37 Å². The molecule has 0 spiro atoms. The molecule has 1 aliphatic carbocycles. The zero-order chi connectivity index (χ0) is 12.4. The van der Waals surface area contributed by atoms with Crippen molar-refractivity contribution in [2.45, 2.75) is 29.5 Å². The smallest absolute Gasteiger partial charge is 0.202 e. The summed E-state index contributed by atoms with van der Waals surface area (Å²) in [5.41, 5.74) is 0. The van der Waals surface area contributed by atoms with Crippen LogP contribution in [0.3, 0.4) is 0 Å². The number of nitrogens with zero attached hydrogens (tertiary/aromatic N) is 2. The summed E-state index contributed by atoms with van der Waals surface area (Å²) in [7, 11) is 0. The Balaban J connectivity index is 1.59. The highest BCUT2D eigenvalue weighted by molar-refractivity contribution is 9.10. The molecule has 3 nitrogen and oxygen atoms in total. The first kappa shape index (κ1) is 12.4. The molecule has 0 amide bonds. The zero-order valence-electron chi connectivity index (χ0n) is 9.60. The van der Waals surface area contributed by atoms with Gasteiger partial charge in [0.15, 0.2) is 5.82 Å². The predicted molar refractivity (Wildman–Crippen MR) is 80.3 cm³/mol. The summed E-state index contributed by atoms with van der Waals surface area (Å²) in [4.78, 5) is 5.72. The first-order valence-electron chi connectivity index (χ1n) is 5.78. The third-order valence-corrected chi connectivity index (χ3v) is 5.27. The minimum atomic E-state index is 0.640. The fourth-order valence-corrected chi connectivity index (χ4v) is 3.64. The van der Waals surface area contributed by atoms with Crippen LogP contribution in [0.25, 0.3) is 0 Å². The highest BCUT2D eigenvalue weighted by Crippen LogP contribution is 2.30. The van der Waals surface area contributed by atoms with E-state index in [-0.39, 0.29) is 0 Å². The van der Waals surface area contributed by atoms with Crippen LogP contribution in [0.2, 0.25) is 0 Å². The first-order chi connectivity index (χ1) is 8.81. The standard InChI is InChI=1S/C12H12BrN3S2/c13-9-3-1-2-4-10(9)17-7-11-15-12(18-16-11)14-8-5-6-8/h1-4,8H,5-7H2,(H,14,15,16). The van der Waals surface area contributed by atoms with E-state index in [2.05, 4.69) is 42.7 Å². The molecule has 3 rings (SSSR count). The van der Waals surface area contributed by atoms with Crippen LogP contribution in [0, 0.1) is 0 Å². The maximum absolute atomic E-state index is 4.50. The van der Waals surface area contributed by atoms with Crippen molar-refractivity contribution >= 4 is 44.4 Å². The van der Waals surface area contributed by atoms with Crippen molar-refractivity contribution in [3.05, 3.63) is 34.6 Å². The normalized spacial score (nSPS) is 14.7. The summed E-state index contributed by atoms with van der Waals surface area (Å²) in [5.74, 6) is 1.72. The minimum absolute atomic E-state index is 0.640. The Morgan fingerprint density at radius 3 is 3.00 bits per heavy atom. The molecule has 0 radical (unpaired) electrons. The highest BCUT2D eigenvalue weighted by Gasteiger charge is 2.22. The molecule has 1 aliphatic rings. The van der Waals surface area contributed by atoms with Crippen molar-refractivity contribution in [3.63, 3.8) is 0 Å². The summed E-state index contributed by atoms with van der Waals surface area (Å²) in [6, 6.07) is 8.86. The van der Waals surface area contributed by atoms with Crippen molar-refractivity contribution in [2.75, 3.05) is 5.32 Å². The molecule has 1 fully saturated rings. The van der Waals surface area contributed by atoms with Gasteiger partial charge in [0.25, 0.3) is 0 Å². The summed E-state index contributed by atoms with van der Waals surface area (Å²) in [5, 5.41) is 4.33. The summed E-state index contributed by atoms with van der Waals surface area (Å²) < 4.78 is 5.50. The van der Waals surface area contributed by atoms with Crippen LogP contribution in [-0.4, -0.2) is 15.4 Å². The summed E-state index contributed by atoms with van der Waals surface area (Å²) >= 11 is 6.76. The van der Waals surface area contributed by atoms with Crippen LogP contribution in [0.5, 0.6) is 0 Å². The fraction of sp³-hybridized carbons (Fsp3) is 0.333. The van der Waals surface area contributed by atoms with E-state index in [0.29, 0.717) is 6.04 Å². The topological polar surface area (TPSA) is 37.8 Å². The fourth-order valence-electron chi connectivity index (χ4n) is 1.48. The van der Waals surface area contributed by atoms with Crippen molar-refractivity contribution < 1.29 is 0 Å². The number of anilines is 1. The van der Waals surface area contributed by atoms with Crippen LogP contribution in [-0.2, 0) is 5.75 Å². The van der Waals surface area contributed by atoms with Crippen molar-refractivity contribution in [1.29, 1.82) is 0 Å². The van der Waals surface area contributed by atoms with Gasteiger partial charge in [-0.15, -0.1) is 11.8 Å². The minimum Gasteiger partial charge on any atom is -0.358 e. The number of hydrogen-bond donors (Lipinski definition) is 1. The second-order valence-electron chi connectivity index (χ2n) is 4.15. The number of hydrogen-bond acceptors (Lipinski definition) is 5. The Morgan fingerprint density at radius 1 is 1.39 bits per heavy atom. The van der Waals surface area contributed by atoms with Crippen molar-refractivity contribution in [2.24, 2.45) is 0 Å². The molecule has 0 unspecified atom stereocenters. The molecule has 1 aromatic carbocycles. The number of nitrogens with one attached hydrogen (secondary N) is 1. The van der Waals surface area contributed by atoms with E-state index in [9.17, 15) is 0 Å². The largest absolute Gasteiger partial charge is 0.358 e. The molecule has 6 heteroatoms. The van der Waals surface area contributed by atoms with Crippen molar-refractivity contribution in [1.82, 2.24) is 9.36 Å². The SMILES string of the molecule is Brc1ccccc1SCc1nsc(NC2CC2)n1. The molecule has 18 heavy (non-hydrogen) atoms. The van der Waals surface area contributed by atoms with Gasteiger partial charge < -0.3 is 5.32 Å². The van der Waals surface area contributed by atoms with Gasteiger partial charge in [-0.25, -0.2) is 4.98 Å². The molecule has 0 bridgehead atoms. The van der Waals surface area contributed by atoms with Gasteiger partial charge in [-0.3, -0.25) is 0 Å². The van der Waals surface area contributed by atoms with Gasteiger partial charge in [-0.1, -0.05) is 12.1 Å². The van der Waals surface area contributed by atoms with Crippen molar-refractivity contribution in [3.8, 4) is 0 Å². The Labute approximate surface area is 123 Å². The van der Waals surface area contributed by atoms with Crippen LogP contribution >= 0.6 is 39.2 Å². The monoisotopic (exact) mass is 341 g/mol. The molecule has 0 atom stereocenters. The maximum atomic E-state index is 4.50. The summed E-state index contributed by atoms with van der Waals surface area (Å²) in [6.45, 7) is 0. The second kappa shape index (κ2) is 5.59. The quantitative estimate of drug-likeness (QED) is 0.828. The van der Waals surface area contributed by atoms with Crippen LogP contribution in [0.1, 0.15) is 18.7 Å². The molecule has 1 heterocycles. The molecule has 94 valence electrons. The third kappa shape index (κ3) is 3.24. The van der Waals surface area contributed by atoms with E-state index in [0.717, 1.165) is 21.2 Å². The lowest BCUT2D eigenvalue weighted by atomic mass is 10.4. The second-order valence-corrected chi connectivity index (χ2v) is 6.78. The molecule has 1 aromatic heterocycles. The molecular weight excluding hydrogens is 330 g/mol. The zero-order valence-corrected chi connectivity index (χ0v) is 12.8. The number of benzene rings is 1. The summed E-state index contributed by atoms with van der Waals surface area (Å²) in [6.07, 6.45) is 2.53. The Kier molecular flexibility index (Phi) is 3.86. The Morgan fingerprint density at radius 2 is 2.22 bits per heavy atom. The third-order valence-electron chi connectivity index (χ3n) is 2.57. The van der Waals surface area contributed by atoms with E-state index >= 15 is 0 Å². The number of thioether (sulfide) groups is 1. The average Bonchev–Trinajstić information content (AvgIpc) is 3.06. The molecule has 1 N–H and O–H groups in total. The van der Waals surface area contributed by atoms with Gasteiger partial charge in [0, 0.05) is 26.9 Å². The molecule has 2 aromatic rings. The average molecular weight is 342 g/mol. The molecular formula is C12H12BrN3S2. The molecule has 0 aliphatic heterocycles. The van der Waals surface area contributed by atoms with Gasteiger partial charge in [-0.05, 0) is 40.9 Å².